The van der Waals surface area contributed by atoms with Crippen LogP contribution >= 0.6 is 11.3 Å². The lowest BCUT2D eigenvalue weighted by Gasteiger charge is -2.35. The highest BCUT2D eigenvalue weighted by Gasteiger charge is 2.26. The van der Waals surface area contributed by atoms with Gasteiger partial charge < -0.3 is 14.4 Å². The molecule has 0 atom stereocenters. The summed E-state index contributed by atoms with van der Waals surface area (Å²) in [5.74, 6) is 1.03. The highest BCUT2D eigenvalue weighted by atomic mass is 32.1. The fourth-order valence-corrected chi connectivity index (χ4v) is 5.39. The molecule has 0 saturated carbocycles. The maximum Gasteiger partial charge on any atom is 0.264 e. The highest BCUT2D eigenvalue weighted by Crippen LogP contribution is 2.37. The molecule has 6 nitrogen and oxygen atoms in total. The van der Waals surface area contributed by atoms with E-state index in [-0.39, 0.29) is 5.91 Å². The van der Waals surface area contributed by atoms with E-state index in [0.717, 1.165) is 51.6 Å². The average Bonchev–Trinajstić information content (AvgIpc) is 3.58. The lowest BCUT2D eigenvalue weighted by Crippen LogP contribution is -2.49. The minimum atomic E-state index is 0.114. The first-order valence-electron chi connectivity index (χ1n) is 11.8. The molecule has 1 saturated heterocycles. The number of rotatable bonds is 4. The van der Waals surface area contributed by atoms with E-state index in [4.69, 9.17) is 9.97 Å². The minimum Gasteiger partial charge on any atom is -0.352 e. The Labute approximate surface area is 208 Å². The van der Waals surface area contributed by atoms with E-state index in [1.54, 1.807) is 6.33 Å². The number of carbonyl (C=O) groups excluding carboxylic acids is 1. The van der Waals surface area contributed by atoms with Crippen LogP contribution in [0.3, 0.4) is 0 Å². The first-order valence-corrected chi connectivity index (χ1v) is 12.6. The van der Waals surface area contributed by atoms with Gasteiger partial charge in [-0.3, -0.25) is 4.79 Å². The Bertz CT molecular complexity index is 1470. The van der Waals surface area contributed by atoms with Crippen molar-refractivity contribution in [3.8, 4) is 16.8 Å². The lowest BCUT2D eigenvalue weighted by atomic mass is 10.1. The number of piperazine rings is 1. The highest BCUT2D eigenvalue weighted by molar-refractivity contribution is 7.12. The molecular weight excluding hydrogens is 454 g/mol. The van der Waals surface area contributed by atoms with Gasteiger partial charge in [-0.05, 0) is 36.1 Å². The van der Waals surface area contributed by atoms with E-state index in [0.29, 0.717) is 13.1 Å². The quantitative estimate of drug-likeness (QED) is 0.345. The van der Waals surface area contributed by atoms with Crippen LogP contribution in [0.25, 0.3) is 27.8 Å². The second kappa shape index (κ2) is 9.00. The Hall–Kier alpha value is -3.97. The summed E-state index contributed by atoms with van der Waals surface area (Å²) >= 11 is 1.50. The van der Waals surface area contributed by atoms with Crippen molar-refractivity contribution in [3.63, 3.8) is 0 Å². The van der Waals surface area contributed by atoms with Gasteiger partial charge in [0.05, 0.1) is 10.3 Å². The molecule has 0 aliphatic carbocycles. The van der Waals surface area contributed by atoms with Crippen LogP contribution in [0.15, 0.2) is 84.6 Å². The van der Waals surface area contributed by atoms with Crippen LogP contribution in [0, 0.1) is 6.92 Å². The molecule has 4 heterocycles. The molecule has 0 bridgehead atoms. The van der Waals surface area contributed by atoms with E-state index >= 15 is 0 Å². The molecular formula is C28H25N5OS. The number of hydrogen-bond acceptors (Lipinski definition) is 5. The number of thiophene rings is 1. The molecule has 0 unspecified atom stereocenters. The fourth-order valence-electron chi connectivity index (χ4n) is 4.70. The number of anilines is 1. The van der Waals surface area contributed by atoms with Crippen molar-refractivity contribution in [2.24, 2.45) is 0 Å². The van der Waals surface area contributed by atoms with Gasteiger partial charge in [-0.2, -0.15) is 0 Å². The van der Waals surface area contributed by atoms with Crippen molar-refractivity contribution >= 4 is 34.1 Å². The molecule has 174 valence electrons. The smallest absolute Gasteiger partial charge is 0.264 e. The Morgan fingerprint density at radius 1 is 0.886 bits per heavy atom. The molecule has 1 amide bonds. The van der Waals surface area contributed by atoms with Gasteiger partial charge in [0.25, 0.3) is 5.91 Å². The van der Waals surface area contributed by atoms with Gasteiger partial charge in [0.15, 0.2) is 5.65 Å². The van der Waals surface area contributed by atoms with Crippen LogP contribution in [-0.2, 0) is 0 Å². The van der Waals surface area contributed by atoms with E-state index in [2.05, 4.69) is 71.1 Å². The molecule has 6 rings (SSSR count). The van der Waals surface area contributed by atoms with Crippen molar-refractivity contribution in [3.05, 3.63) is 95.1 Å². The number of fused-ring (bicyclic) bond motifs is 1. The fraction of sp³-hybridized carbons (Fsp3) is 0.179. The zero-order chi connectivity index (χ0) is 23.8. The van der Waals surface area contributed by atoms with E-state index in [9.17, 15) is 4.79 Å². The van der Waals surface area contributed by atoms with Crippen molar-refractivity contribution in [2.45, 2.75) is 6.92 Å². The van der Waals surface area contributed by atoms with Gasteiger partial charge >= 0.3 is 0 Å². The standard InChI is InChI=1S/C28H25N5OS/c1-20-9-11-22(12-10-20)33-18-23(21-6-3-2-4-7-21)25-26(29-19-30-27(25)33)31-13-15-32(16-14-31)28(34)24-8-5-17-35-24/h2-12,17-19H,13-16H2,1H3. The Morgan fingerprint density at radius 3 is 2.37 bits per heavy atom. The lowest BCUT2D eigenvalue weighted by molar-refractivity contribution is 0.0751. The Morgan fingerprint density at radius 2 is 1.66 bits per heavy atom. The predicted octanol–water partition coefficient (Wildman–Crippen LogP) is 5.42. The Kier molecular flexibility index (Phi) is 5.54. The molecule has 1 fully saturated rings. The molecule has 2 aromatic carbocycles. The number of nitrogens with zero attached hydrogens (tertiary/aromatic N) is 5. The summed E-state index contributed by atoms with van der Waals surface area (Å²) in [6, 6.07) is 22.7. The summed E-state index contributed by atoms with van der Waals surface area (Å²) in [4.78, 5) is 27.3. The van der Waals surface area contributed by atoms with Crippen molar-refractivity contribution in [1.82, 2.24) is 19.4 Å². The number of benzene rings is 2. The van der Waals surface area contributed by atoms with Crippen LogP contribution in [0.5, 0.6) is 0 Å². The van der Waals surface area contributed by atoms with Gasteiger partial charge in [-0.15, -0.1) is 11.3 Å². The molecule has 3 aromatic heterocycles. The summed E-state index contributed by atoms with van der Waals surface area (Å²) in [5, 5.41) is 2.99. The molecule has 1 aliphatic heterocycles. The van der Waals surface area contributed by atoms with Gasteiger partial charge in [0, 0.05) is 43.6 Å². The van der Waals surface area contributed by atoms with E-state index in [1.165, 1.54) is 16.9 Å². The van der Waals surface area contributed by atoms with Crippen LogP contribution in [-0.4, -0.2) is 51.5 Å². The minimum absolute atomic E-state index is 0.114. The maximum absolute atomic E-state index is 12.8. The van der Waals surface area contributed by atoms with E-state index in [1.807, 2.05) is 28.5 Å². The third kappa shape index (κ3) is 3.98. The normalized spacial score (nSPS) is 14.0. The zero-order valence-corrected chi connectivity index (χ0v) is 20.3. The molecule has 0 N–H and O–H groups in total. The molecule has 0 spiro atoms. The van der Waals surface area contributed by atoms with Crippen molar-refractivity contribution in [2.75, 3.05) is 31.1 Å². The summed E-state index contributed by atoms with van der Waals surface area (Å²) in [7, 11) is 0. The summed E-state index contributed by atoms with van der Waals surface area (Å²) in [6.07, 6.45) is 3.82. The van der Waals surface area contributed by atoms with Gasteiger partial charge in [-0.1, -0.05) is 54.1 Å². The number of carbonyl (C=O) groups is 1. The average molecular weight is 480 g/mol. The van der Waals surface area contributed by atoms with E-state index < -0.39 is 0 Å². The van der Waals surface area contributed by atoms with Crippen LogP contribution in [0.2, 0.25) is 0 Å². The number of aryl methyl sites for hydroxylation is 1. The van der Waals surface area contributed by atoms with Crippen LogP contribution < -0.4 is 4.90 Å². The van der Waals surface area contributed by atoms with Gasteiger partial charge in [0.1, 0.15) is 12.1 Å². The summed E-state index contributed by atoms with van der Waals surface area (Å²) in [6.45, 7) is 4.89. The third-order valence-corrected chi connectivity index (χ3v) is 7.42. The second-order valence-electron chi connectivity index (χ2n) is 8.77. The Balaban J connectivity index is 1.40. The number of hydrogen-bond donors (Lipinski definition) is 0. The first kappa shape index (κ1) is 21.6. The largest absolute Gasteiger partial charge is 0.352 e. The molecule has 7 heteroatoms. The maximum atomic E-state index is 12.8. The van der Waals surface area contributed by atoms with Gasteiger partial charge in [0.2, 0.25) is 0 Å². The van der Waals surface area contributed by atoms with Crippen molar-refractivity contribution in [1.29, 1.82) is 0 Å². The molecule has 1 aliphatic rings. The second-order valence-corrected chi connectivity index (χ2v) is 9.71. The summed E-state index contributed by atoms with van der Waals surface area (Å²) in [5.41, 5.74) is 5.41. The summed E-state index contributed by atoms with van der Waals surface area (Å²) < 4.78 is 2.15. The molecule has 0 radical (unpaired) electrons. The number of aromatic nitrogens is 3. The molecule has 35 heavy (non-hydrogen) atoms. The van der Waals surface area contributed by atoms with Crippen molar-refractivity contribution < 1.29 is 4.79 Å². The predicted molar refractivity (Wildman–Crippen MR) is 141 cm³/mol. The monoisotopic (exact) mass is 479 g/mol. The SMILES string of the molecule is Cc1ccc(-n2cc(-c3ccccc3)c3c(N4CCN(C(=O)c5cccs5)CC4)ncnc32)cc1. The topological polar surface area (TPSA) is 54.3 Å². The van der Waals surface area contributed by atoms with Gasteiger partial charge in [-0.25, -0.2) is 9.97 Å². The third-order valence-electron chi connectivity index (χ3n) is 6.56. The molecule has 5 aromatic rings. The first-order chi connectivity index (χ1) is 17.2. The van der Waals surface area contributed by atoms with Crippen LogP contribution in [0.1, 0.15) is 15.2 Å². The zero-order valence-electron chi connectivity index (χ0n) is 19.5. The number of amides is 1. The van der Waals surface area contributed by atoms with Crippen LogP contribution in [0.4, 0.5) is 5.82 Å².